The van der Waals surface area contributed by atoms with Crippen LogP contribution in [0.3, 0.4) is 0 Å². The second-order valence-electron chi connectivity index (χ2n) is 3.77. The maximum Gasteiger partial charge on any atom is 0.258 e. The number of rotatable bonds is 1. The second kappa shape index (κ2) is 4.57. The number of halogens is 1. The van der Waals surface area contributed by atoms with Gasteiger partial charge in [0, 0.05) is 19.3 Å². The smallest absolute Gasteiger partial charge is 0.258 e. The lowest BCUT2D eigenvalue weighted by atomic mass is 10.2. The van der Waals surface area contributed by atoms with E-state index >= 15 is 0 Å². The van der Waals surface area contributed by atoms with Crippen LogP contribution in [-0.4, -0.2) is 41.6 Å². The molecule has 0 aromatic carbocycles. The third-order valence-corrected chi connectivity index (χ3v) is 2.52. The highest BCUT2D eigenvalue weighted by Crippen LogP contribution is 2.11. The van der Waals surface area contributed by atoms with E-state index in [9.17, 15) is 9.18 Å². The Kier molecular flexibility index (Phi) is 3.14. The average molecular weight is 224 g/mol. The molecule has 5 heteroatoms. The normalized spacial score (nSPS) is 20.9. The van der Waals surface area contributed by atoms with Gasteiger partial charge in [0.15, 0.2) is 0 Å². The number of carbonyl (C=O) groups excluding carboxylic acids is 1. The molecular formula is C11H13FN2O2. The van der Waals surface area contributed by atoms with Gasteiger partial charge in [-0.1, -0.05) is 0 Å². The lowest BCUT2D eigenvalue weighted by Gasteiger charge is -2.31. The molecule has 0 saturated carbocycles. The van der Waals surface area contributed by atoms with Crippen LogP contribution < -0.4 is 0 Å². The van der Waals surface area contributed by atoms with Crippen molar-refractivity contribution in [2.45, 2.75) is 13.0 Å². The third kappa shape index (κ3) is 2.19. The number of aromatic nitrogens is 1. The number of carbonyl (C=O) groups is 1. The Bertz CT molecular complexity index is 397. The molecule has 0 bridgehead atoms. The maximum absolute atomic E-state index is 13.3. The second-order valence-corrected chi connectivity index (χ2v) is 3.77. The maximum atomic E-state index is 13.3. The largest absolute Gasteiger partial charge is 0.375 e. The Morgan fingerprint density at radius 1 is 1.69 bits per heavy atom. The summed E-state index contributed by atoms with van der Waals surface area (Å²) in [7, 11) is 0. The number of pyridine rings is 1. The van der Waals surface area contributed by atoms with E-state index in [1.54, 1.807) is 11.0 Å². The molecule has 16 heavy (non-hydrogen) atoms. The first kappa shape index (κ1) is 11.0. The SMILES string of the molecule is CC1CN(C(=O)c2cccnc2F)CCO1. The highest BCUT2D eigenvalue weighted by Gasteiger charge is 2.24. The lowest BCUT2D eigenvalue weighted by Crippen LogP contribution is -2.44. The Hall–Kier alpha value is -1.49. The summed E-state index contributed by atoms with van der Waals surface area (Å²) in [4.78, 5) is 17.0. The molecule has 1 aliphatic heterocycles. The third-order valence-electron chi connectivity index (χ3n) is 2.52. The summed E-state index contributed by atoms with van der Waals surface area (Å²) in [5.41, 5.74) is 0.0246. The van der Waals surface area contributed by atoms with Crippen molar-refractivity contribution in [1.82, 2.24) is 9.88 Å². The molecule has 2 heterocycles. The molecule has 0 aliphatic carbocycles. The van der Waals surface area contributed by atoms with Gasteiger partial charge >= 0.3 is 0 Å². The zero-order valence-electron chi connectivity index (χ0n) is 9.02. The van der Waals surface area contributed by atoms with Gasteiger partial charge < -0.3 is 9.64 Å². The number of morpholine rings is 1. The van der Waals surface area contributed by atoms with Gasteiger partial charge in [-0.15, -0.1) is 0 Å². The van der Waals surface area contributed by atoms with E-state index in [-0.39, 0.29) is 17.6 Å². The molecule has 1 fully saturated rings. The zero-order valence-corrected chi connectivity index (χ0v) is 9.02. The lowest BCUT2D eigenvalue weighted by molar-refractivity contribution is -0.0126. The molecule has 0 N–H and O–H groups in total. The minimum Gasteiger partial charge on any atom is -0.375 e. The summed E-state index contributed by atoms with van der Waals surface area (Å²) in [6.45, 7) is 3.37. The van der Waals surface area contributed by atoms with Gasteiger partial charge in [0.05, 0.1) is 18.3 Å². The van der Waals surface area contributed by atoms with Crippen LogP contribution in [0, 0.1) is 5.95 Å². The monoisotopic (exact) mass is 224 g/mol. The van der Waals surface area contributed by atoms with E-state index in [4.69, 9.17) is 4.74 Å². The first-order chi connectivity index (χ1) is 7.68. The van der Waals surface area contributed by atoms with E-state index in [0.717, 1.165) is 0 Å². The van der Waals surface area contributed by atoms with Crippen molar-refractivity contribution in [1.29, 1.82) is 0 Å². The fraction of sp³-hybridized carbons (Fsp3) is 0.455. The summed E-state index contributed by atoms with van der Waals surface area (Å²) in [6, 6.07) is 3.00. The van der Waals surface area contributed by atoms with Gasteiger partial charge in [-0.05, 0) is 19.1 Å². The fourth-order valence-corrected chi connectivity index (χ4v) is 1.72. The molecule has 2 rings (SSSR count). The van der Waals surface area contributed by atoms with Gasteiger partial charge in [-0.3, -0.25) is 4.79 Å². The Morgan fingerprint density at radius 3 is 3.19 bits per heavy atom. The van der Waals surface area contributed by atoms with E-state index in [2.05, 4.69) is 4.98 Å². The zero-order chi connectivity index (χ0) is 11.5. The van der Waals surface area contributed by atoms with Crippen LogP contribution in [-0.2, 0) is 4.74 Å². The number of ether oxygens (including phenoxy) is 1. The molecular weight excluding hydrogens is 211 g/mol. The van der Waals surface area contributed by atoms with Crippen molar-refractivity contribution in [2.24, 2.45) is 0 Å². The standard InChI is InChI=1S/C11H13FN2O2/c1-8-7-14(5-6-16-8)11(15)9-3-2-4-13-10(9)12/h2-4,8H,5-7H2,1H3. The van der Waals surface area contributed by atoms with E-state index in [1.165, 1.54) is 12.3 Å². The van der Waals surface area contributed by atoms with Crippen LogP contribution in [0.4, 0.5) is 4.39 Å². The predicted octanol–water partition coefficient (Wildman–Crippen LogP) is 1.08. The van der Waals surface area contributed by atoms with E-state index < -0.39 is 5.95 Å². The molecule has 1 aromatic rings. The summed E-state index contributed by atoms with van der Waals surface area (Å²) < 4.78 is 18.6. The highest BCUT2D eigenvalue weighted by molar-refractivity contribution is 5.94. The van der Waals surface area contributed by atoms with E-state index in [0.29, 0.717) is 19.7 Å². The van der Waals surface area contributed by atoms with Crippen molar-refractivity contribution < 1.29 is 13.9 Å². The molecule has 0 radical (unpaired) electrons. The Labute approximate surface area is 93.0 Å². The van der Waals surface area contributed by atoms with Crippen molar-refractivity contribution in [3.63, 3.8) is 0 Å². The quantitative estimate of drug-likeness (QED) is 0.670. The molecule has 1 unspecified atom stereocenters. The van der Waals surface area contributed by atoms with Crippen LogP contribution in [0.1, 0.15) is 17.3 Å². The first-order valence-corrected chi connectivity index (χ1v) is 5.20. The minimum atomic E-state index is -0.716. The fourth-order valence-electron chi connectivity index (χ4n) is 1.72. The number of hydrogen-bond acceptors (Lipinski definition) is 3. The van der Waals surface area contributed by atoms with Gasteiger partial charge in [0.1, 0.15) is 0 Å². The van der Waals surface area contributed by atoms with Crippen LogP contribution in [0.2, 0.25) is 0 Å². The van der Waals surface area contributed by atoms with Crippen molar-refractivity contribution in [3.05, 3.63) is 29.8 Å². The van der Waals surface area contributed by atoms with Crippen LogP contribution in [0.5, 0.6) is 0 Å². The molecule has 0 spiro atoms. The highest BCUT2D eigenvalue weighted by atomic mass is 19.1. The molecule has 86 valence electrons. The predicted molar refractivity (Wildman–Crippen MR) is 55.5 cm³/mol. The Morgan fingerprint density at radius 2 is 2.50 bits per heavy atom. The van der Waals surface area contributed by atoms with Crippen molar-refractivity contribution in [3.8, 4) is 0 Å². The number of nitrogens with zero attached hydrogens (tertiary/aromatic N) is 2. The molecule has 4 nitrogen and oxygen atoms in total. The topological polar surface area (TPSA) is 42.4 Å². The summed E-state index contributed by atoms with van der Waals surface area (Å²) in [5.74, 6) is -1.03. The van der Waals surface area contributed by atoms with Gasteiger partial charge in [0.2, 0.25) is 5.95 Å². The minimum absolute atomic E-state index is 0.00238. The van der Waals surface area contributed by atoms with Gasteiger partial charge in [0.25, 0.3) is 5.91 Å². The summed E-state index contributed by atoms with van der Waals surface area (Å²) in [6.07, 6.45) is 1.33. The Balaban J connectivity index is 2.16. The number of amides is 1. The molecule has 1 aromatic heterocycles. The van der Waals surface area contributed by atoms with Gasteiger partial charge in [-0.2, -0.15) is 4.39 Å². The average Bonchev–Trinajstić information content (AvgIpc) is 2.29. The van der Waals surface area contributed by atoms with Crippen molar-refractivity contribution >= 4 is 5.91 Å². The van der Waals surface area contributed by atoms with Gasteiger partial charge in [-0.25, -0.2) is 4.98 Å². The first-order valence-electron chi connectivity index (χ1n) is 5.20. The van der Waals surface area contributed by atoms with E-state index in [1.807, 2.05) is 6.92 Å². The molecule has 1 atom stereocenters. The molecule has 1 saturated heterocycles. The van der Waals surface area contributed by atoms with Crippen molar-refractivity contribution in [2.75, 3.05) is 19.7 Å². The number of hydrogen-bond donors (Lipinski definition) is 0. The summed E-state index contributed by atoms with van der Waals surface area (Å²) >= 11 is 0. The molecule has 1 amide bonds. The van der Waals surface area contributed by atoms with Crippen LogP contribution >= 0.6 is 0 Å². The van der Waals surface area contributed by atoms with Crippen LogP contribution in [0.25, 0.3) is 0 Å². The van der Waals surface area contributed by atoms with Crippen LogP contribution in [0.15, 0.2) is 18.3 Å². The molecule has 1 aliphatic rings. The summed E-state index contributed by atoms with van der Waals surface area (Å²) in [5, 5.41) is 0.